The van der Waals surface area contributed by atoms with Crippen LogP contribution in [0.5, 0.6) is 0 Å². The summed E-state index contributed by atoms with van der Waals surface area (Å²) in [6, 6.07) is 4.47. The molecule has 0 bridgehead atoms. The SMILES string of the molecule is NCCCCCCC(=O)Cc1c(F)cccc1Cl. The van der Waals surface area contributed by atoms with Gasteiger partial charge < -0.3 is 5.73 Å². The number of carbonyl (C=O) groups excluding carboxylic acids is 1. The lowest BCUT2D eigenvalue weighted by molar-refractivity contribution is -0.118. The zero-order chi connectivity index (χ0) is 13.4. The van der Waals surface area contributed by atoms with Crippen molar-refractivity contribution in [3.63, 3.8) is 0 Å². The van der Waals surface area contributed by atoms with Gasteiger partial charge in [-0.1, -0.05) is 30.5 Å². The standard InChI is InChI=1S/C14H19ClFNO/c15-13-7-5-8-14(16)12(13)10-11(18)6-3-1-2-4-9-17/h5,7-8H,1-4,6,9-10,17H2. The molecule has 1 aromatic rings. The highest BCUT2D eigenvalue weighted by atomic mass is 35.5. The van der Waals surface area contributed by atoms with Crippen LogP contribution in [0.1, 0.15) is 37.7 Å². The van der Waals surface area contributed by atoms with Crippen LogP contribution in [0.2, 0.25) is 5.02 Å². The highest BCUT2D eigenvalue weighted by molar-refractivity contribution is 6.31. The average Bonchev–Trinajstić information content (AvgIpc) is 2.34. The highest BCUT2D eigenvalue weighted by Gasteiger charge is 2.11. The molecule has 2 nitrogen and oxygen atoms in total. The van der Waals surface area contributed by atoms with Gasteiger partial charge in [0.2, 0.25) is 0 Å². The Bertz CT molecular complexity index is 375. The van der Waals surface area contributed by atoms with Gasteiger partial charge in [0.25, 0.3) is 0 Å². The van der Waals surface area contributed by atoms with Crippen LogP contribution in [-0.2, 0) is 11.2 Å². The predicted octanol–water partition coefficient (Wildman–Crippen LogP) is 3.50. The third kappa shape index (κ3) is 5.15. The molecule has 4 heteroatoms. The first-order valence-corrected chi connectivity index (χ1v) is 6.67. The first kappa shape index (κ1) is 15.1. The van der Waals surface area contributed by atoms with Gasteiger partial charge in [-0.25, -0.2) is 4.39 Å². The molecule has 0 unspecified atom stereocenters. The molecule has 0 atom stereocenters. The van der Waals surface area contributed by atoms with E-state index in [4.69, 9.17) is 17.3 Å². The van der Waals surface area contributed by atoms with Gasteiger partial charge in [-0.2, -0.15) is 0 Å². The van der Waals surface area contributed by atoms with Crippen molar-refractivity contribution in [3.8, 4) is 0 Å². The van der Waals surface area contributed by atoms with Gasteiger partial charge in [0, 0.05) is 23.4 Å². The van der Waals surface area contributed by atoms with Crippen molar-refractivity contribution in [2.24, 2.45) is 5.73 Å². The van der Waals surface area contributed by atoms with Crippen LogP contribution in [0, 0.1) is 5.82 Å². The zero-order valence-corrected chi connectivity index (χ0v) is 11.2. The number of hydrogen-bond acceptors (Lipinski definition) is 2. The van der Waals surface area contributed by atoms with E-state index < -0.39 is 5.82 Å². The van der Waals surface area contributed by atoms with E-state index in [9.17, 15) is 9.18 Å². The fraction of sp³-hybridized carbons (Fsp3) is 0.500. The maximum Gasteiger partial charge on any atom is 0.137 e. The summed E-state index contributed by atoms with van der Waals surface area (Å²) in [7, 11) is 0. The van der Waals surface area contributed by atoms with Gasteiger partial charge in [0.05, 0.1) is 0 Å². The fourth-order valence-corrected chi connectivity index (χ4v) is 2.04. The van der Waals surface area contributed by atoms with Crippen molar-refractivity contribution < 1.29 is 9.18 Å². The van der Waals surface area contributed by atoms with Crippen molar-refractivity contribution in [2.45, 2.75) is 38.5 Å². The Balaban J connectivity index is 2.36. The Morgan fingerprint density at radius 1 is 1.22 bits per heavy atom. The number of nitrogens with two attached hydrogens (primary N) is 1. The lowest BCUT2D eigenvalue weighted by atomic mass is 10.0. The molecule has 100 valence electrons. The lowest BCUT2D eigenvalue weighted by Crippen LogP contribution is -2.05. The molecule has 0 heterocycles. The van der Waals surface area contributed by atoms with Crippen LogP contribution in [0.25, 0.3) is 0 Å². The second-order valence-corrected chi connectivity index (χ2v) is 4.78. The van der Waals surface area contributed by atoms with E-state index in [0.717, 1.165) is 25.7 Å². The van der Waals surface area contributed by atoms with E-state index in [1.54, 1.807) is 12.1 Å². The molecular formula is C14H19ClFNO. The second-order valence-electron chi connectivity index (χ2n) is 4.37. The summed E-state index contributed by atoms with van der Waals surface area (Å²) in [4.78, 5) is 11.7. The van der Waals surface area contributed by atoms with Crippen molar-refractivity contribution in [3.05, 3.63) is 34.6 Å². The monoisotopic (exact) mass is 271 g/mol. The minimum absolute atomic E-state index is 0.0368. The Kier molecular flexibility index (Phi) is 6.91. The normalized spacial score (nSPS) is 10.6. The van der Waals surface area contributed by atoms with Crippen molar-refractivity contribution >= 4 is 17.4 Å². The summed E-state index contributed by atoms with van der Waals surface area (Å²) in [5.74, 6) is -0.367. The fourth-order valence-electron chi connectivity index (χ4n) is 1.81. The Morgan fingerprint density at radius 2 is 1.94 bits per heavy atom. The van der Waals surface area contributed by atoms with Gasteiger partial charge in [-0.3, -0.25) is 4.79 Å². The predicted molar refractivity (Wildman–Crippen MR) is 72.3 cm³/mol. The van der Waals surface area contributed by atoms with Crippen LogP contribution in [0.15, 0.2) is 18.2 Å². The van der Waals surface area contributed by atoms with Gasteiger partial charge in [0.1, 0.15) is 11.6 Å². The maximum atomic E-state index is 13.4. The van der Waals surface area contributed by atoms with E-state index in [0.29, 0.717) is 23.6 Å². The molecule has 0 fully saturated rings. The number of unbranched alkanes of at least 4 members (excludes halogenated alkanes) is 3. The van der Waals surface area contributed by atoms with Crippen molar-refractivity contribution in [1.29, 1.82) is 0 Å². The summed E-state index contributed by atoms with van der Waals surface area (Å²) in [5, 5.41) is 0.325. The third-order valence-corrected chi connectivity index (χ3v) is 3.20. The molecule has 0 aliphatic carbocycles. The number of halogens is 2. The minimum Gasteiger partial charge on any atom is -0.330 e. The number of hydrogen-bond donors (Lipinski definition) is 1. The maximum absolute atomic E-state index is 13.4. The van der Waals surface area contributed by atoms with E-state index in [2.05, 4.69) is 0 Å². The molecule has 0 aliphatic rings. The van der Waals surface area contributed by atoms with Crippen molar-refractivity contribution in [1.82, 2.24) is 0 Å². The second kappa shape index (κ2) is 8.22. The average molecular weight is 272 g/mol. The van der Waals surface area contributed by atoms with Crippen LogP contribution in [0.4, 0.5) is 4.39 Å². The zero-order valence-electron chi connectivity index (χ0n) is 10.4. The molecule has 0 aliphatic heterocycles. The largest absolute Gasteiger partial charge is 0.330 e. The molecular weight excluding hydrogens is 253 g/mol. The highest BCUT2D eigenvalue weighted by Crippen LogP contribution is 2.20. The van der Waals surface area contributed by atoms with E-state index in [1.807, 2.05) is 0 Å². The van der Waals surface area contributed by atoms with Gasteiger partial charge in [-0.05, 0) is 31.5 Å². The van der Waals surface area contributed by atoms with Crippen LogP contribution in [0.3, 0.4) is 0 Å². The minimum atomic E-state index is -0.404. The molecule has 2 N–H and O–H groups in total. The molecule has 0 saturated heterocycles. The molecule has 0 aromatic heterocycles. The molecule has 1 aromatic carbocycles. The van der Waals surface area contributed by atoms with Gasteiger partial charge in [-0.15, -0.1) is 0 Å². The van der Waals surface area contributed by atoms with Gasteiger partial charge in [0.15, 0.2) is 0 Å². The van der Waals surface area contributed by atoms with Crippen molar-refractivity contribution in [2.75, 3.05) is 6.54 Å². The van der Waals surface area contributed by atoms with Gasteiger partial charge >= 0.3 is 0 Å². The number of Topliss-reactive ketones (excluding diaryl/α,β-unsaturated/α-hetero) is 1. The summed E-state index contributed by atoms with van der Waals surface area (Å²) in [6.45, 7) is 0.693. The molecule has 18 heavy (non-hydrogen) atoms. The molecule has 0 radical (unpaired) electrons. The topological polar surface area (TPSA) is 43.1 Å². The molecule has 0 spiro atoms. The summed E-state index contributed by atoms with van der Waals surface area (Å²) in [5.41, 5.74) is 5.69. The summed E-state index contributed by atoms with van der Waals surface area (Å²) < 4.78 is 13.4. The Morgan fingerprint density at radius 3 is 2.61 bits per heavy atom. The number of carbonyl (C=O) groups is 1. The molecule has 0 amide bonds. The molecule has 0 saturated carbocycles. The number of ketones is 1. The van der Waals surface area contributed by atoms with E-state index in [-0.39, 0.29) is 12.2 Å². The van der Waals surface area contributed by atoms with E-state index in [1.165, 1.54) is 6.07 Å². The van der Waals surface area contributed by atoms with E-state index >= 15 is 0 Å². The Labute approximate surface area is 112 Å². The lowest BCUT2D eigenvalue weighted by Gasteiger charge is -2.05. The number of rotatable bonds is 8. The summed E-state index contributed by atoms with van der Waals surface area (Å²) in [6.07, 6.45) is 4.44. The van der Waals surface area contributed by atoms with Crippen LogP contribution < -0.4 is 5.73 Å². The summed E-state index contributed by atoms with van der Waals surface area (Å²) >= 11 is 5.87. The Hall–Kier alpha value is -0.930. The first-order chi connectivity index (χ1) is 8.65. The third-order valence-electron chi connectivity index (χ3n) is 2.85. The van der Waals surface area contributed by atoms with Crippen LogP contribution >= 0.6 is 11.6 Å². The molecule has 1 rings (SSSR count). The first-order valence-electron chi connectivity index (χ1n) is 6.30. The quantitative estimate of drug-likeness (QED) is 0.736. The smallest absolute Gasteiger partial charge is 0.137 e. The van der Waals surface area contributed by atoms with Crippen LogP contribution in [-0.4, -0.2) is 12.3 Å². The number of benzene rings is 1.